The van der Waals surface area contributed by atoms with E-state index in [1.807, 2.05) is 18.2 Å². The molecular weight excluding hydrogens is 297 g/mol. The summed E-state index contributed by atoms with van der Waals surface area (Å²) in [5.74, 6) is 0.237. The molecule has 2 aromatic rings. The summed E-state index contributed by atoms with van der Waals surface area (Å²) in [7, 11) is 0. The molecule has 0 N–H and O–H groups in total. The minimum atomic E-state index is -4.28. The summed E-state index contributed by atoms with van der Waals surface area (Å²) in [6.45, 7) is 0. The van der Waals surface area contributed by atoms with Gasteiger partial charge in [0.15, 0.2) is 0 Å². The van der Waals surface area contributed by atoms with Crippen molar-refractivity contribution in [2.75, 3.05) is 0 Å². The zero-order chi connectivity index (χ0) is 15.0. The third kappa shape index (κ3) is 2.93. The minimum Gasteiger partial charge on any atom is -0.166 e. The Morgan fingerprint density at radius 1 is 1.00 bits per heavy atom. The van der Waals surface area contributed by atoms with Gasteiger partial charge in [0, 0.05) is 0 Å². The molecule has 0 amide bonds. The summed E-state index contributed by atoms with van der Waals surface area (Å²) < 4.78 is 37.6. The molecule has 0 aliphatic heterocycles. The van der Waals surface area contributed by atoms with Gasteiger partial charge < -0.3 is 0 Å². The van der Waals surface area contributed by atoms with Crippen LogP contribution in [0.15, 0.2) is 48.5 Å². The molecule has 2 atom stereocenters. The highest BCUT2D eigenvalue weighted by Gasteiger charge is 2.32. The number of fused-ring (bicyclic) bond motifs is 1. The fourth-order valence-electron chi connectivity index (χ4n) is 2.94. The highest BCUT2D eigenvalue weighted by molar-refractivity contribution is 6.21. The molecule has 110 valence electrons. The Kier molecular flexibility index (Phi) is 3.70. The number of alkyl halides is 4. The van der Waals surface area contributed by atoms with E-state index in [-0.39, 0.29) is 11.3 Å². The van der Waals surface area contributed by atoms with Gasteiger partial charge in [-0.2, -0.15) is 13.2 Å². The van der Waals surface area contributed by atoms with Crippen LogP contribution in [-0.2, 0) is 19.0 Å². The first-order chi connectivity index (χ1) is 9.95. The summed E-state index contributed by atoms with van der Waals surface area (Å²) in [6, 6.07) is 13.4. The molecule has 1 aliphatic carbocycles. The number of hydrogen-bond donors (Lipinski definition) is 0. The summed E-state index contributed by atoms with van der Waals surface area (Å²) in [5, 5.41) is -0.0662. The van der Waals surface area contributed by atoms with Crippen molar-refractivity contribution in [1.29, 1.82) is 0 Å². The SMILES string of the molecule is FC(F)(F)c1ccc(CC2Cc3ccccc3C2Cl)cc1. The van der Waals surface area contributed by atoms with E-state index in [1.165, 1.54) is 5.56 Å². The van der Waals surface area contributed by atoms with Crippen molar-refractivity contribution in [3.8, 4) is 0 Å². The summed E-state index contributed by atoms with van der Waals surface area (Å²) in [6.07, 6.45) is -2.70. The maximum Gasteiger partial charge on any atom is 0.416 e. The second-order valence-electron chi connectivity index (χ2n) is 5.46. The Balaban J connectivity index is 1.74. The largest absolute Gasteiger partial charge is 0.416 e. The molecule has 0 fully saturated rings. The molecule has 2 unspecified atom stereocenters. The molecule has 21 heavy (non-hydrogen) atoms. The molecule has 0 bridgehead atoms. The van der Waals surface area contributed by atoms with Crippen LogP contribution in [0, 0.1) is 5.92 Å². The van der Waals surface area contributed by atoms with Crippen LogP contribution in [0.1, 0.15) is 27.6 Å². The van der Waals surface area contributed by atoms with Crippen LogP contribution in [-0.4, -0.2) is 0 Å². The van der Waals surface area contributed by atoms with Gasteiger partial charge in [-0.3, -0.25) is 0 Å². The Morgan fingerprint density at radius 3 is 2.29 bits per heavy atom. The van der Waals surface area contributed by atoms with Crippen molar-refractivity contribution in [3.63, 3.8) is 0 Å². The lowest BCUT2D eigenvalue weighted by Crippen LogP contribution is -2.08. The summed E-state index contributed by atoms with van der Waals surface area (Å²) in [5.41, 5.74) is 2.68. The quantitative estimate of drug-likeness (QED) is 0.651. The second-order valence-corrected chi connectivity index (χ2v) is 5.93. The highest BCUT2D eigenvalue weighted by atomic mass is 35.5. The Hall–Kier alpha value is -1.48. The molecule has 0 saturated carbocycles. The van der Waals surface area contributed by atoms with E-state index >= 15 is 0 Å². The Morgan fingerprint density at radius 2 is 1.67 bits per heavy atom. The van der Waals surface area contributed by atoms with Crippen LogP contribution in [0.25, 0.3) is 0 Å². The Bertz CT molecular complexity index is 631. The molecule has 4 heteroatoms. The topological polar surface area (TPSA) is 0 Å². The normalized spacial score (nSPS) is 21.3. The van der Waals surface area contributed by atoms with E-state index in [4.69, 9.17) is 11.6 Å². The summed E-state index contributed by atoms with van der Waals surface area (Å²) >= 11 is 6.48. The van der Waals surface area contributed by atoms with E-state index < -0.39 is 11.7 Å². The lowest BCUT2D eigenvalue weighted by molar-refractivity contribution is -0.137. The molecule has 0 radical (unpaired) electrons. The predicted molar refractivity (Wildman–Crippen MR) is 77.4 cm³/mol. The lowest BCUT2D eigenvalue weighted by atomic mass is 9.95. The van der Waals surface area contributed by atoms with Gasteiger partial charge in [-0.15, -0.1) is 11.6 Å². The number of hydrogen-bond acceptors (Lipinski definition) is 0. The van der Waals surface area contributed by atoms with Gasteiger partial charge in [0.1, 0.15) is 0 Å². The molecule has 2 aromatic carbocycles. The minimum absolute atomic E-state index is 0.0662. The lowest BCUT2D eigenvalue weighted by Gasteiger charge is -2.15. The fraction of sp³-hybridized carbons (Fsp3) is 0.294. The monoisotopic (exact) mass is 310 g/mol. The number of benzene rings is 2. The first kappa shape index (κ1) is 14.5. The van der Waals surface area contributed by atoms with E-state index in [9.17, 15) is 13.2 Å². The van der Waals surface area contributed by atoms with Gasteiger partial charge in [0.25, 0.3) is 0 Å². The average Bonchev–Trinajstić information content (AvgIpc) is 2.76. The van der Waals surface area contributed by atoms with Crippen molar-refractivity contribution < 1.29 is 13.2 Å². The number of rotatable bonds is 2. The predicted octanol–water partition coefficient (Wildman–Crippen LogP) is 5.40. The number of halogens is 4. The molecule has 0 aromatic heterocycles. The molecule has 0 spiro atoms. The van der Waals surface area contributed by atoms with E-state index in [2.05, 4.69) is 6.07 Å². The van der Waals surface area contributed by atoms with Gasteiger partial charge in [-0.25, -0.2) is 0 Å². The van der Waals surface area contributed by atoms with Crippen LogP contribution in [0.3, 0.4) is 0 Å². The van der Waals surface area contributed by atoms with Gasteiger partial charge in [-0.05, 0) is 47.6 Å². The van der Waals surface area contributed by atoms with Gasteiger partial charge >= 0.3 is 6.18 Å². The standard InChI is InChI=1S/C17H14ClF3/c18-16-13(10-12-3-1-2-4-15(12)16)9-11-5-7-14(8-6-11)17(19,20)21/h1-8,13,16H,9-10H2. The van der Waals surface area contributed by atoms with Crippen LogP contribution >= 0.6 is 11.6 Å². The van der Waals surface area contributed by atoms with E-state index in [1.54, 1.807) is 12.1 Å². The van der Waals surface area contributed by atoms with Crippen LogP contribution < -0.4 is 0 Å². The smallest absolute Gasteiger partial charge is 0.166 e. The average molecular weight is 311 g/mol. The molecule has 0 saturated heterocycles. The first-order valence-corrected chi connectivity index (χ1v) is 7.27. The van der Waals surface area contributed by atoms with Crippen LogP contribution in [0.2, 0.25) is 0 Å². The van der Waals surface area contributed by atoms with Crippen molar-refractivity contribution in [2.45, 2.75) is 24.4 Å². The third-order valence-electron chi connectivity index (χ3n) is 4.03. The van der Waals surface area contributed by atoms with Crippen molar-refractivity contribution in [3.05, 3.63) is 70.8 Å². The maximum absolute atomic E-state index is 12.5. The maximum atomic E-state index is 12.5. The van der Waals surface area contributed by atoms with E-state index in [0.29, 0.717) is 6.42 Å². The highest BCUT2D eigenvalue weighted by Crippen LogP contribution is 2.42. The molecular formula is C17H14ClF3. The molecule has 0 nitrogen and oxygen atoms in total. The molecule has 1 aliphatic rings. The van der Waals surface area contributed by atoms with Gasteiger partial charge in [0.2, 0.25) is 0 Å². The van der Waals surface area contributed by atoms with E-state index in [0.717, 1.165) is 29.7 Å². The summed E-state index contributed by atoms with van der Waals surface area (Å²) in [4.78, 5) is 0. The zero-order valence-electron chi connectivity index (χ0n) is 11.2. The van der Waals surface area contributed by atoms with Crippen molar-refractivity contribution in [2.24, 2.45) is 5.92 Å². The second kappa shape index (κ2) is 5.38. The Labute approximate surface area is 126 Å². The third-order valence-corrected chi connectivity index (χ3v) is 4.62. The molecule has 3 rings (SSSR count). The molecule has 0 heterocycles. The van der Waals surface area contributed by atoms with Crippen LogP contribution in [0.4, 0.5) is 13.2 Å². The first-order valence-electron chi connectivity index (χ1n) is 6.83. The van der Waals surface area contributed by atoms with Crippen molar-refractivity contribution >= 4 is 11.6 Å². The van der Waals surface area contributed by atoms with Gasteiger partial charge in [-0.1, -0.05) is 36.4 Å². The fourth-order valence-corrected chi connectivity index (χ4v) is 3.33. The zero-order valence-corrected chi connectivity index (χ0v) is 12.0. The van der Waals surface area contributed by atoms with Gasteiger partial charge in [0.05, 0.1) is 10.9 Å². The van der Waals surface area contributed by atoms with Crippen molar-refractivity contribution in [1.82, 2.24) is 0 Å². The van der Waals surface area contributed by atoms with Crippen LogP contribution in [0.5, 0.6) is 0 Å².